The molecule has 0 saturated carbocycles. The Morgan fingerprint density at radius 1 is 1.35 bits per heavy atom. The van der Waals surface area contributed by atoms with Gasteiger partial charge in [-0.1, -0.05) is 6.07 Å². The molecule has 0 saturated heterocycles. The van der Waals surface area contributed by atoms with E-state index in [0.29, 0.717) is 6.54 Å². The number of benzene rings is 1. The van der Waals surface area contributed by atoms with E-state index < -0.39 is 4.92 Å². The van der Waals surface area contributed by atoms with Gasteiger partial charge in [-0.05, 0) is 37.3 Å². The molecule has 1 aromatic heterocycles. The molecular weight excluding hydrogens is 256 g/mol. The van der Waals surface area contributed by atoms with E-state index in [9.17, 15) is 10.1 Å². The zero-order valence-corrected chi connectivity index (χ0v) is 11.1. The Hall–Kier alpha value is -2.37. The Bertz CT molecular complexity index is 663. The van der Waals surface area contributed by atoms with E-state index in [1.54, 1.807) is 12.1 Å². The molecule has 0 bridgehead atoms. The summed E-state index contributed by atoms with van der Waals surface area (Å²) in [6, 6.07) is 4.89. The lowest BCUT2D eigenvalue weighted by molar-refractivity contribution is -0.383. The Morgan fingerprint density at radius 2 is 2.15 bits per heavy atom. The van der Waals surface area contributed by atoms with Gasteiger partial charge in [0.05, 0.1) is 16.9 Å². The molecule has 0 unspecified atom stereocenters. The number of nitrogen functional groups attached to an aromatic ring is 1. The lowest BCUT2D eigenvalue weighted by Crippen LogP contribution is -2.09. The molecule has 0 radical (unpaired) electrons. The van der Waals surface area contributed by atoms with Crippen molar-refractivity contribution in [3.8, 4) is 0 Å². The lowest BCUT2D eigenvalue weighted by atomic mass is 10.0. The Kier molecular flexibility index (Phi) is 3.14. The fourth-order valence-corrected chi connectivity index (χ4v) is 2.73. The number of fused-ring (bicyclic) bond motifs is 1. The van der Waals surface area contributed by atoms with Gasteiger partial charge in [0.15, 0.2) is 0 Å². The molecule has 6 heteroatoms. The molecule has 1 aliphatic carbocycles. The number of aryl methyl sites for hydroxylation is 1. The van der Waals surface area contributed by atoms with Crippen molar-refractivity contribution in [2.45, 2.75) is 32.2 Å². The summed E-state index contributed by atoms with van der Waals surface area (Å²) in [5.74, 6) is 0. The number of nitrogens with two attached hydrogens (primary N) is 1. The van der Waals surface area contributed by atoms with Crippen molar-refractivity contribution in [1.29, 1.82) is 0 Å². The largest absolute Gasteiger partial charge is 0.393 e. The number of rotatable bonds is 3. The molecule has 1 aromatic carbocycles. The molecule has 2 N–H and O–H groups in total. The molecule has 1 heterocycles. The van der Waals surface area contributed by atoms with Gasteiger partial charge in [0, 0.05) is 18.3 Å². The van der Waals surface area contributed by atoms with Crippen LogP contribution >= 0.6 is 0 Å². The number of anilines is 1. The van der Waals surface area contributed by atoms with Gasteiger partial charge in [0.25, 0.3) is 5.69 Å². The van der Waals surface area contributed by atoms with Gasteiger partial charge < -0.3 is 10.3 Å². The van der Waals surface area contributed by atoms with Gasteiger partial charge in [-0.15, -0.1) is 0 Å². The van der Waals surface area contributed by atoms with Crippen LogP contribution in [0.1, 0.15) is 29.8 Å². The van der Waals surface area contributed by atoms with Gasteiger partial charge in [-0.25, -0.2) is 4.98 Å². The van der Waals surface area contributed by atoms with Crippen LogP contribution in [0, 0.1) is 10.1 Å². The normalized spacial score (nSPS) is 14.0. The van der Waals surface area contributed by atoms with Gasteiger partial charge in [0.2, 0.25) is 0 Å². The fourth-order valence-electron chi connectivity index (χ4n) is 2.73. The minimum absolute atomic E-state index is 0.0404. The summed E-state index contributed by atoms with van der Waals surface area (Å²) in [7, 11) is 0. The summed E-state index contributed by atoms with van der Waals surface area (Å²) < 4.78 is 2.12. The fraction of sp³-hybridized carbons (Fsp3) is 0.357. The van der Waals surface area contributed by atoms with E-state index in [1.807, 2.05) is 6.33 Å². The van der Waals surface area contributed by atoms with Crippen molar-refractivity contribution < 1.29 is 4.92 Å². The van der Waals surface area contributed by atoms with E-state index >= 15 is 0 Å². The van der Waals surface area contributed by atoms with Crippen molar-refractivity contribution in [2.24, 2.45) is 0 Å². The summed E-state index contributed by atoms with van der Waals surface area (Å²) in [5.41, 5.74) is 9.32. The van der Waals surface area contributed by atoms with Crippen LogP contribution in [0.3, 0.4) is 0 Å². The lowest BCUT2D eigenvalue weighted by Gasteiger charge is -2.14. The Balaban J connectivity index is 1.86. The maximum Gasteiger partial charge on any atom is 0.292 e. The highest BCUT2D eigenvalue weighted by molar-refractivity contribution is 5.59. The number of imidazole rings is 1. The number of hydrogen-bond acceptors (Lipinski definition) is 4. The summed E-state index contributed by atoms with van der Waals surface area (Å²) >= 11 is 0. The van der Waals surface area contributed by atoms with Gasteiger partial charge >= 0.3 is 0 Å². The zero-order chi connectivity index (χ0) is 14.1. The highest BCUT2D eigenvalue weighted by Crippen LogP contribution is 2.24. The first-order chi connectivity index (χ1) is 9.65. The third-order valence-corrected chi connectivity index (χ3v) is 3.75. The van der Waals surface area contributed by atoms with Crippen molar-refractivity contribution in [3.05, 3.63) is 51.6 Å². The molecule has 0 amide bonds. The van der Waals surface area contributed by atoms with Crippen LogP contribution in [0.25, 0.3) is 0 Å². The highest BCUT2D eigenvalue weighted by Gasteiger charge is 2.16. The zero-order valence-electron chi connectivity index (χ0n) is 11.1. The second-order valence-electron chi connectivity index (χ2n) is 5.12. The van der Waals surface area contributed by atoms with E-state index in [-0.39, 0.29) is 11.4 Å². The van der Waals surface area contributed by atoms with Crippen molar-refractivity contribution in [1.82, 2.24) is 9.55 Å². The molecule has 0 spiro atoms. The second kappa shape index (κ2) is 4.96. The summed E-state index contributed by atoms with van der Waals surface area (Å²) in [4.78, 5) is 14.7. The van der Waals surface area contributed by atoms with Crippen LogP contribution in [0.2, 0.25) is 0 Å². The SMILES string of the molecule is Nc1cc(Cn2cnc3c2CCCC3)ccc1[N+](=O)[O-]. The van der Waals surface area contributed by atoms with Crippen LogP contribution < -0.4 is 5.73 Å². The first kappa shape index (κ1) is 12.7. The third-order valence-electron chi connectivity index (χ3n) is 3.75. The minimum Gasteiger partial charge on any atom is -0.393 e. The van der Waals surface area contributed by atoms with E-state index in [0.717, 1.165) is 18.4 Å². The minimum atomic E-state index is -0.460. The van der Waals surface area contributed by atoms with Crippen LogP contribution in [-0.2, 0) is 19.4 Å². The molecule has 0 fully saturated rings. The Labute approximate surface area is 116 Å². The molecule has 6 nitrogen and oxygen atoms in total. The number of aromatic nitrogens is 2. The highest BCUT2D eigenvalue weighted by atomic mass is 16.6. The first-order valence-electron chi connectivity index (χ1n) is 6.71. The van der Waals surface area contributed by atoms with Crippen LogP contribution in [0.15, 0.2) is 24.5 Å². The Morgan fingerprint density at radius 3 is 2.90 bits per heavy atom. The molecule has 0 atom stereocenters. The molecular formula is C14H16N4O2. The number of nitro groups is 1. The van der Waals surface area contributed by atoms with Crippen molar-refractivity contribution in [2.75, 3.05) is 5.73 Å². The average Bonchev–Trinajstić information content (AvgIpc) is 2.82. The maximum absolute atomic E-state index is 10.8. The van der Waals surface area contributed by atoms with Gasteiger partial charge in [0.1, 0.15) is 5.69 Å². The van der Waals surface area contributed by atoms with Crippen molar-refractivity contribution in [3.63, 3.8) is 0 Å². The quantitative estimate of drug-likeness (QED) is 0.527. The summed E-state index contributed by atoms with van der Waals surface area (Å²) in [6.07, 6.45) is 6.35. The standard InChI is InChI=1S/C14H16N4O2/c15-11-7-10(5-6-13(11)18(19)20)8-17-9-16-12-3-1-2-4-14(12)17/h5-7,9H,1-4,8,15H2. The molecule has 1 aliphatic rings. The molecule has 20 heavy (non-hydrogen) atoms. The summed E-state index contributed by atoms with van der Waals surface area (Å²) in [5, 5.41) is 10.8. The van der Waals surface area contributed by atoms with Gasteiger partial charge in [-0.3, -0.25) is 10.1 Å². The number of nitro benzene ring substituents is 1. The topological polar surface area (TPSA) is 87.0 Å². The van der Waals surface area contributed by atoms with E-state index in [4.69, 9.17) is 5.73 Å². The molecule has 104 valence electrons. The predicted octanol–water partition coefficient (Wildman–Crippen LogP) is 2.30. The summed E-state index contributed by atoms with van der Waals surface area (Å²) in [6.45, 7) is 0.657. The van der Waals surface area contributed by atoms with Crippen LogP contribution in [-0.4, -0.2) is 14.5 Å². The first-order valence-corrected chi connectivity index (χ1v) is 6.71. The van der Waals surface area contributed by atoms with Crippen LogP contribution in [0.5, 0.6) is 0 Å². The predicted molar refractivity (Wildman–Crippen MR) is 75.5 cm³/mol. The maximum atomic E-state index is 10.8. The van der Waals surface area contributed by atoms with E-state index in [1.165, 1.54) is 30.3 Å². The molecule has 0 aliphatic heterocycles. The van der Waals surface area contributed by atoms with Crippen molar-refractivity contribution >= 4 is 11.4 Å². The van der Waals surface area contributed by atoms with E-state index in [2.05, 4.69) is 9.55 Å². The smallest absolute Gasteiger partial charge is 0.292 e. The monoisotopic (exact) mass is 272 g/mol. The van der Waals surface area contributed by atoms with Crippen LogP contribution in [0.4, 0.5) is 11.4 Å². The second-order valence-corrected chi connectivity index (χ2v) is 5.12. The number of hydrogen-bond donors (Lipinski definition) is 1. The average molecular weight is 272 g/mol. The molecule has 2 aromatic rings. The number of nitrogens with zero attached hydrogens (tertiary/aromatic N) is 3. The molecule has 3 rings (SSSR count). The third kappa shape index (κ3) is 2.24. The van der Waals surface area contributed by atoms with Gasteiger partial charge in [-0.2, -0.15) is 0 Å².